The van der Waals surface area contributed by atoms with Crippen molar-refractivity contribution in [3.63, 3.8) is 0 Å². The smallest absolute Gasteiger partial charge is 0.254 e. The largest absolute Gasteiger partial charge is 0.317 e. The van der Waals surface area contributed by atoms with Gasteiger partial charge in [-0.3, -0.25) is 5.48 Å². The summed E-state index contributed by atoms with van der Waals surface area (Å²) >= 11 is 0. The summed E-state index contributed by atoms with van der Waals surface area (Å²) in [7, 11) is -3.72. The van der Waals surface area contributed by atoms with Gasteiger partial charge in [-0.1, -0.05) is 30.7 Å². The van der Waals surface area contributed by atoms with E-state index in [0.29, 0.717) is 0 Å². The molecule has 0 bridgehead atoms. The van der Waals surface area contributed by atoms with Crippen molar-refractivity contribution in [1.82, 2.24) is 5.48 Å². The van der Waals surface area contributed by atoms with Crippen molar-refractivity contribution < 1.29 is 12.7 Å². The van der Waals surface area contributed by atoms with Crippen molar-refractivity contribution in [2.45, 2.75) is 37.0 Å². The van der Waals surface area contributed by atoms with Crippen molar-refractivity contribution in [2.75, 3.05) is 0 Å². The highest BCUT2D eigenvalue weighted by molar-refractivity contribution is 7.86. The molecule has 0 atom stereocenters. The molecule has 4 nitrogen and oxygen atoms in total. The summed E-state index contributed by atoms with van der Waals surface area (Å²) in [5.74, 6) is 0. The van der Waals surface area contributed by atoms with E-state index in [2.05, 4.69) is 5.48 Å². The van der Waals surface area contributed by atoms with Crippen LogP contribution in [-0.4, -0.2) is 8.42 Å². The first-order valence-electron chi connectivity index (χ1n) is 6.12. The van der Waals surface area contributed by atoms with Crippen molar-refractivity contribution in [1.29, 1.82) is 0 Å². The molecule has 1 aliphatic rings. The van der Waals surface area contributed by atoms with Gasteiger partial charge in [-0.25, -0.2) is 0 Å². The number of hydrogen-bond donors (Lipinski definition) is 1. The summed E-state index contributed by atoms with van der Waals surface area (Å²) in [6.45, 7) is 0. The lowest BCUT2D eigenvalue weighted by molar-refractivity contribution is 0.231. The van der Waals surface area contributed by atoms with Crippen LogP contribution in [0.15, 0.2) is 47.0 Å². The molecule has 0 unspecified atom stereocenters. The highest BCUT2D eigenvalue weighted by Gasteiger charge is 2.15. The molecule has 0 aromatic heterocycles. The Bertz CT molecular complexity index is 508. The molecule has 18 heavy (non-hydrogen) atoms. The average molecular weight is 267 g/mol. The Morgan fingerprint density at radius 2 is 1.83 bits per heavy atom. The van der Waals surface area contributed by atoms with Crippen molar-refractivity contribution in [2.24, 2.45) is 0 Å². The lowest BCUT2D eigenvalue weighted by Gasteiger charge is -2.09. The third kappa shape index (κ3) is 3.58. The van der Waals surface area contributed by atoms with Crippen LogP contribution in [0.1, 0.15) is 32.1 Å². The zero-order valence-corrected chi connectivity index (χ0v) is 10.9. The first-order valence-corrected chi connectivity index (χ1v) is 7.53. The summed E-state index contributed by atoms with van der Waals surface area (Å²) in [5, 5.41) is 0. The van der Waals surface area contributed by atoms with Crippen LogP contribution in [0, 0.1) is 0 Å². The fraction of sp³-hybridized carbons (Fsp3) is 0.385. The summed E-state index contributed by atoms with van der Waals surface area (Å²) in [6.07, 6.45) is 7.20. The molecule has 1 aromatic carbocycles. The normalized spacial score (nSPS) is 16.8. The quantitative estimate of drug-likeness (QED) is 0.852. The molecule has 0 heterocycles. The molecule has 1 N–H and O–H groups in total. The number of hydroxylamine groups is 1. The van der Waals surface area contributed by atoms with Gasteiger partial charge in [0.05, 0.1) is 4.90 Å². The molecular weight excluding hydrogens is 250 g/mol. The average Bonchev–Trinajstić information content (AvgIpc) is 2.66. The molecule has 0 aliphatic heterocycles. The maximum Gasteiger partial charge on any atom is 0.317 e. The molecule has 0 radical (unpaired) electrons. The Kier molecular flexibility index (Phi) is 4.38. The van der Waals surface area contributed by atoms with Crippen LogP contribution in [-0.2, 0) is 14.4 Å². The first kappa shape index (κ1) is 13.1. The molecule has 1 aliphatic carbocycles. The van der Waals surface area contributed by atoms with Crippen LogP contribution >= 0.6 is 0 Å². The van der Waals surface area contributed by atoms with E-state index in [4.69, 9.17) is 4.28 Å². The summed E-state index contributed by atoms with van der Waals surface area (Å²) in [4.78, 5) is 0.159. The van der Waals surface area contributed by atoms with Gasteiger partial charge in [0.1, 0.15) is 0 Å². The Morgan fingerprint density at radius 1 is 1.06 bits per heavy atom. The Hall–Kier alpha value is -1.33. The zero-order valence-electron chi connectivity index (χ0n) is 10.1. The summed E-state index contributed by atoms with van der Waals surface area (Å²) in [5.41, 5.74) is 3.43. The first-order chi connectivity index (χ1) is 8.68. The number of benzene rings is 1. The molecule has 0 fully saturated rings. The van der Waals surface area contributed by atoms with E-state index in [1.807, 2.05) is 6.08 Å². The van der Waals surface area contributed by atoms with Gasteiger partial charge < -0.3 is 0 Å². The second kappa shape index (κ2) is 6.02. The second-order valence-corrected chi connectivity index (χ2v) is 5.83. The summed E-state index contributed by atoms with van der Waals surface area (Å²) < 4.78 is 28.6. The van der Waals surface area contributed by atoms with E-state index in [0.717, 1.165) is 31.4 Å². The maximum atomic E-state index is 11.8. The molecule has 2 rings (SSSR count). The topological polar surface area (TPSA) is 55.4 Å². The fourth-order valence-corrected chi connectivity index (χ4v) is 2.65. The van der Waals surface area contributed by atoms with Crippen molar-refractivity contribution in [3.05, 3.63) is 42.1 Å². The van der Waals surface area contributed by atoms with E-state index in [1.54, 1.807) is 18.2 Å². The highest BCUT2D eigenvalue weighted by Crippen LogP contribution is 2.16. The SMILES string of the molecule is O=S(=O)(ONC1=CCCCCC1)c1ccccc1. The van der Waals surface area contributed by atoms with E-state index in [9.17, 15) is 8.42 Å². The molecule has 0 saturated carbocycles. The minimum atomic E-state index is -3.72. The van der Waals surface area contributed by atoms with Gasteiger partial charge in [0.15, 0.2) is 0 Å². The van der Waals surface area contributed by atoms with E-state index in [1.165, 1.54) is 18.6 Å². The highest BCUT2D eigenvalue weighted by atomic mass is 32.2. The minimum absolute atomic E-state index is 0.159. The van der Waals surface area contributed by atoms with Gasteiger partial charge in [0, 0.05) is 5.70 Å². The Morgan fingerprint density at radius 3 is 2.61 bits per heavy atom. The molecule has 0 spiro atoms. The lowest BCUT2D eigenvalue weighted by atomic mass is 10.2. The Labute approximate surface area is 108 Å². The summed E-state index contributed by atoms with van der Waals surface area (Å²) in [6, 6.07) is 8.12. The number of nitrogens with one attached hydrogen (secondary N) is 1. The van der Waals surface area contributed by atoms with Crippen LogP contribution < -0.4 is 5.48 Å². The number of hydrogen-bond acceptors (Lipinski definition) is 4. The van der Waals surface area contributed by atoms with Crippen LogP contribution in [0.25, 0.3) is 0 Å². The molecular formula is C13H17NO3S. The van der Waals surface area contributed by atoms with E-state index < -0.39 is 10.1 Å². The van der Waals surface area contributed by atoms with Crippen LogP contribution in [0.2, 0.25) is 0 Å². The number of rotatable bonds is 4. The second-order valence-electron chi connectivity index (χ2n) is 4.28. The third-order valence-electron chi connectivity index (χ3n) is 2.86. The van der Waals surface area contributed by atoms with Gasteiger partial charge in [-0.15, -0.1) is 4.28 Å². The predicted octanol–water partition coefficient (Wildman–Crippen LogP) is 2.74. The monoisotopic (exact) mass is 267 g/mol. The van der Waals surface area contributed by atoms with Crippen molar-refractivity contribution in [3.8, 4) is 0 Å². The molecule has 98 valence electrons. The minimum Gasteiger partial charge on any atom is -0.254 e. The van der Waals surface area contributed by atoms with Gasteiger partial charge in [0.25, 0.3) is 0 Å². The lowest BCUT2D eigenvalue weighted by Crippen LogP contribution is -2.19. The van der Waals surface area contributed by atoms with Gasteiger partial charge in [-0.2, -0.15) is 8.42 Å². The van der Waals surface area contributed by atoms with Crippen LogP contribution in [0.3, 0.4) is 0 Å². The van der Waals surface area contributed by atoms with Crippen LogP contribution in [0.5, 0.6) is 0 Å². The Balaban J connectivity index is 1.99. The van der Waals surface area contributed by atoms with Crippen LogP contribution in [0.4, 0.5) is 0 Å². The fourth-order valence-electron chi connectivity index (χ4n) is 1.85. The van der Waals surface area contributed by atoms with E-state index in [-0.39, 0.29) is 4.90 Å². The molecule has 0 amide bonds. The van der Waals surface area contributed by atoms with Gasteiger partial charge in [-0.05, 0) is 37.8 Å². The molecule has 5 heteroatoms. The van der Waals surface area contributed by atoms with E-state index >= 15 is 0 Å². The molecule has 1 aromatic rings. The zero-order chi connectivity index (χ0) is 12.8. The molecule has 0 saturated heterocycles. The van der Waals surface area contributed by atoms with Gasteiger partial charge >= 0.3 is 10.1 Å². The number of allylic oxidation sites excluding steroid dienone is 2. The van der Waals surface area contributed by atoms with Crippen molar-refractivity contribution >= 4 is 10.1 Å². The predicted molar refractivity (Wildman–Crippen MR) is 69.0 cm³/mol. The standard InChI is InChI=1S/C13H17NO3S/c15-18(16,13-10-6-3-7-11-13)17-14-12-8-4-1-2-5-9-12/h3,6-8,10-11,14H,1-2,4-5,9H2. The third-order valence-corrected chi connectivity index (χ3v) is 4.01. The van der Waals surface area contributed by atoms with Gasteiger partial charge in [0.2, 0.25) is 0 Å². The maximum absolute atomic E-state index is 11.8.